The Morgan fingerprint density at radius 1 is 1.15 bits per heavy atom. The van der Waals surface area contributed by atoms with Crippen molar-refractivity contribution in [2.45, 2.75) is 38.3 Å². The van der Waals surface area contributed by atoms with E-state index in [0.29, 0.717) is 16.6 Å². The highest BCUT2D eigenvalue weighted by molar-refractivity contribution is 6.36. The number of hydrogen-bond donors (Lipinski definition) is 1. The molecule has 144 valence electrons. The smallest absolute Gasteiger partial charge is 0.322 e. The van der Waals surface area contributed by atoms with Crippen molar-refractivity contribution in [2.24, 2.45) is 0 Å². The van der Waals surface area contributed by atoms with Crippen molar-refractivity contribution >= 4 is 34.9 Å². The van der Waals surface area contributed by atoms with Gasteiger partial charge in [0.25, 0.3) is 0 Å². The first-order chi connectivity index (χ1) is 13.0. The zero-order valence-corrected chi connectivity index (χ0v) is 17.0. The number of anilines is 1. The van der Waals surface area contributed by atoms with Gasteiger partial charge >= 0.3 is 6.03 Å². The molecule has 3 aliphatic heterocycles. The Kier molecular flexibility index (Phi) is 6.51. The SMILES string of the molecule is C=C/C(Cl)=C(\C(Cl)=C/C)N1CCC2CCC1CN2C(=O)Nc1ccccc1. The third-order valence-electron chi connectivity index (χ3n) is 5.28. The van der Waals surface area contributed by atoms with Gasteiger partial charge in [0.15, 0.2) is 0 Å². The fourth-order valence-electron chi connectivity index (χ4n) is 3.91. The first-order valence-electron chi connectivity index (χ1n) is 9.28. The molecule has 1 aromatic rings. The zero-order chi connectivity index (χ0) is 19.4. The number of amides is 2. The van der Waals surface area contributed by atoms with Crippen molar-refractivity contribution in [3.05, 3.63) is 64.8 Å². The second kappa shape index (κ2) is 8.85. The Hall–Kier alpha value is -1.91. The summed E-state index contributed by atoms with van der Waals surface area (Å²) in [6, 6.07) is 9.93. The monoisotopic (exact) mass is 405 g/mol. The van der Waals surface area contributed by atoms with Gasteiger partial charge in [0.05, 0.1) is 15.8 Å². The van der Waals surface area contributed by atoms with Gasteiger partial charge in [-0.1, -0.05) is 54.1 Å². The summed E-state index contributed by atoms with van der Waals surface area (Å²) in [4.78, 5) is 17.1. The standard InChI is InChI=1S/C21H25Cl2N3O/c1-3-18(22)20(19(23)4-2)25-13-12-16-10-11-17(25)14-26(16)21(27)24-15-8-6-5-7-9-15/h3-9,16-17H,1,10-14H2,2H3,(H,24,27)/b19-4+,20-18-. The van der Waals surface area contributed by atoms with Crippen LogP contribution in [-0.2, 0) is 0 Å². The van der Waals surface area contributed by atoms with Crippen LogP contribution < -0.4 is 5.32 Å². The van der Waals surface area contributed by atoms with Crippen LogP contribution in [0.25, 0.3) is 0 Å². The summed E-state index contributed by atoms with van der Waals surface area (Å²) in [7, 11) is 0. The van der Waals surface area contributed by atoms with Crippen LogP contribution in [0.15, 0.2) is 64.8 Å². The predicted molar refractivity (Wildman–Crippen MR) is 113 cm³/mol. The van der Waals surface area contributed by atoms with Crippen LogP contribution >= 0.6 is 23.2 Å². The normalized spacial score (nSPS) is 23.6. The lowest BCUT2D eigenvalue weighted by Gasteiger charge is -2.40. The number of carbonyl (C=O) groups is 1. The summed E-state index contributed by atoms with van der Waals surface area (Å²) in [5.41, 5.74) is 1.62. The number of fused-ring (bicyclic) bond motifs is 4. The van der Waals surface area contributed by atoms with E-state index < -0.39 is 0 Å². The average molecular weight is 406 g/mol. The van der Waals surface area contributed by atoms with Crippen LogP contribution in [0.5, 0.6) is 0 Å². The van der Waals surface area contributed by atoms with E-state index in [0.717, 1.165) is 37.2 Å². The minimum Gasteiger partial charge on any atom is -0.364 e. The maximum atomic E-state index is 12.9. The molecule has 2 bridgehead atoms. The molecule has 0 aliphatic carbocycles. The predicted octanol–water partition coefficient (Wildman–Crippen LogP) is 5.54. The number of nitrogens with zero attached hydrogens (tertiary/aromatic N) is 2. The van der Waals surface area contributed by atoms with Crippen molar-refractivity contribution in [3.63, 3.8) is 0 Å². The highest BCUT2D eigenvalue weighted by atomic mass is 35.5. The summed E-state index contributed by atoms with van der Waals surface area (Å²) in [6.45, 7) is 7.15. The number of nitrogens with one attached hydrogen (secondary N) is 1. The van der Waals surface area contributed by atoms with E-state index >= 15 is 0 Å². The molecule has 0 spiro atoms. The summed E-state index contributed by atoms with van der Waals surface area (Å²) in [5.74, 6) is 0. The Morgan fingerprint density at radius 3 is 2.52 bits per heavy atom. The quantitative estimate of drug-likeness (QED) is 0.667. The number of rotatable bonds is 4. The Labute approximate surface area is 171 Å². The summed E-state index contributed by atoms with van der Waals surface area (Å²) in [5, 5.41) is 4.17. The molecule has 0 saturated carbocycles. The van der Waals surface area contributed by atoms with Crippen molar-refractivity contribution < 1.29 is 4.79 Å². The molecule has 3 heterocycles. The number of allylic oxidation sites excluding steroid dienone is 4. The van der Waals surface area contributed by atoms with Crippen LogP contribution in [-0.4, -0.2) is 41.0 Å². The van der Waals surface area contributed by atoms with E-state index in [2.05, 4.69) is 16.8 Å². The molecular formula is C21H25Cl2N3O. The number of carbonyl (C=O) groups excluding carboxylic acids is 1. The zero-order valence-electron chi connectivity index (χ0n) is 15.5. The second-order valence-corrected chi connectivity index (χ2v) is 7.67. The maximum Gasteiger partial charge on any atom is 0.322 e. The lowest BCUT2D eigenvalue weighted by Crippen LogP contribution is -2.51. The van der Waals surface area contributed by atoms with Crippen LogP contribution in [0.1, 0.15) is 26.2 Å². The van der Waals surface area contributed by atoms with Gasteiger partial charge in [-0.25, -0.2) is 4.79 Å². The molecule has 1 N–H and O–H groups in total. The number of urea groups is 1. The molecule has 3 aliphatic rings. The van der Waals surface area contributed by atoms with Gasteiger partial charge in [-0.3, -0.25) is 0 Å². The molecule has 2 amide bonds. The van der Waals surface area contributed by atoms with E-state index in [1.807, 2.05) is 48.2 Å². The van der Waals surface area contributed by atoms with Gasteiger partial charge in [0, 0.05) is 30.9 Å². The largest absolute Gasteiger partial charge is 0.364 e. The van der Waals surface area contributed by atoms with Gasteiger partial charge in [0.1, 0.15) is 0 Å². The first-order valence-corrected chi connectivity index (χ1v) is 10.0. The molecule has 3 saturated heterocycles. The lowest BCUT2D eigenvalue weighted by molar-refractivity contribution is 0.141. The summed E-state index contributed by atoms with van der Waals surface area (Å²) < 4.78 is 0. The van der Waals surface area contributed by atoms with Gasteiger partial charge in [-0.05, 0) is 44.4 Å². The van der Waals surface area contributed by atoms with Gasteiger partial charge < -0.3 is 15.1 Å². The minimum atomic E-state index is -0.0461. The Balaban J connectivity index is 1.81. The maximum absolute atomic E-state index is 12.9. The average Bonchev–Trinajstić information content (AvgIpc) is 3.00. The van der Waals surface area contributed by atoms with Crippen molar-refractivity contribution in [2.75, 3.05) is 18.4 Å². The fourth-order valence-corrected chi connectivity index (χ4v) is 4.38. The highest BCUT2D eigenvalue weighted by Gasteiger charge is 2.39. The van der Waals surface area contributed by atoms with E-state index in [-0.39, 0.29) is 18.1 Å². The van der Waals surface area contributed by atoms with E-state index in [1.54, 1.807) is 6.08 Å². The number of halogens is 2. The number of benzene rings is 1. The van der Waals surface area contributed by atoms with Gasteiger partial charge in [-0.15, -0.1) is 0 Å². The van der Waals surface area contributed by atoms with Crippen molar-refractivity contribution in [1.29, 1.82) is 0 Å². The Morgan fingerprint density at radius 2 is 1.85 bits per heavy atom. The van der Waals surface area contributed by atoms with Crippen LogP contribution in [0.3, 0.4) is 0 Å². The fraction of sp³-hybridized carbons (Fsp3) is 0.381. The van der Waals surface area contributed by atoms with Gasteiger partial charge in [0.2, 0.25) is 0 Å². The molecule has 0 radical (unpaired) electrons. The lowest BCUT2D eigenvalue weighted by atomic mass is 9.99. The van der Waals surface area contributed by atoms with Crippen LogP contribution in [0, 0.1) is 0 Å². The van der Waals surface area contributed by atoms with E-state index in [4.69, 9.17) is 23.2 Å². The number of hydrogen-bond acceptors (Lipinski definition) is 2. The molecule has 2 unspecified atom stereocenters. The second-order valence-electron chi connectivity index (χ2n) is 6.85. The number of piperidine rings is 1. The van der Waals surface area contributed by atoms with Crippen molar-refractivity contribution in [1.82, 2.24) is 9.80 Å². The minimum absolute atomic E-state index is 0.0461. The van der Waals surface area contributed by atoms with Gasteiger partial charge in [-0.2, -0.15) is 0 Å². The third kappa shape index (κ3) is 4.33. The first kappa shape index (κ1) is 19.8. The molecule has 4 nitrogen and oxygen atoms in total. The summed E-state index contributed by atoms with van der Waals surface area (Å²) >= 11 is 12.9. The molecule has 27 heavy (non-hydrogen) atoms. The topological polar surface area (TPSA) is 35.6 Å². The molecule has 0 aromatic heterocycles. The van der Waals surface area contributed by atoms with E-state index in [9.17, 15) is 4.79 Å². The van der Waals surface area contributed by atoms with Crippen LogP contribution in [0.2, 0.25) is 0 Å². The third-order valence-corrected chi connectivity index (χ3v) is 6.01. The Bertz CT molecular complexity index is 760. The summed E-state index contributed by atoms with van der Waals surface area (Å²) in [6.07, 6.45) is 6.35. The molecule has 4 rings (SSSR count). The highest BCUT2D eigenvalue weighted by Crippen LogP contribution is 2.35. The molecule has 6 heteroatoms. The molecular weight excluding hydrogens is 381 g/mol. The molecule has 1 aromatic carbocycles. The van der Waals surface area contributed by atoms with Crippen LogP contribution in [0.4, 0.5) is 10.5 Å². The van der Waals surface area contributed by atoms with Crippen molar-refractivity contribution in [3.8, 4) is 0 Å². The number of para-hydroxylation sites is 1. The van der Waals surface area contributed by atoms with E-state index in [1.165, 1.54) is 0 Å². The molecule has 3 fully saturated rings. The molecule has 2 atom stereocenters.